The van der Waals surface area contributed by atoms with Gasteiger partial charge in [-0.05, 0) is 52.2 Å². The van der Waals surface area contributed by atoms with Gasteiger partial charge >= 0.3 is 0 Å². The van der Waals surface area contributed by atoms with Crippen LogP contribution in [0.1, 0.15) is 58.9 Å². The van der Waals surface area contributed by atoms with E-state index in [4.69, 9.17) is 0 Å². The van der Waals surface area contributed by atoms with Crippen molar-refractivity contribution in [3.8, 4) is 0 Å². The van der Waals surface area contributed by atoms with Crippen LogP contribution in [0.4, 0.5) is 10.1 Å². The van der Waals surface area contributed by atoms with Crippen LogP contribution in [0.2, 0.25) is 0 Å². The van der Waals surface area contributed by atoms with Crippen LogP contribution in [-0.2, 0) is 6.54 Å². The summed E-state index contributed by atoms with van der Waals surface area (Å²) in [5.41, 5.74) is 1.91. The molecular weight excluding hydrogens is 263 g/mol. The molecule has 1 saturated carbocycles. The number of halogens is 1. The van der Waals surface area contributed by atoms with Gasteiger partial charge in [0.25, 0.3) is 0 Å². The number of rotatable bonds is 5. The summed E-state index contributed by atoms with van der Waals surface area (Å²) in [4.78, 5) is 2.28. The van der Waals surface area contributed by atoms with E-state index in [2.05, 4.69) is 44.0 Å². The first kappa shape index (κ1) is 16.3. The Bertz CT molecular complexity index is 459. The van der Waals surface area contributed by atoms with Crippen molar-refractivity contribution < 1.29 is 4.39 Å². The predicted molar refractivity (Wildman–Crippen MR) is 88.3 cm³/mol. The van der Waals surface area contributed by atoms with Gasteiger partial charge in [-0.2, -0.15) is 0 Å². The maximum absolute atomic E-state index is 14.5. The molecule has 1 aromatic rings. The Kier molecular flexibility index (Phi) is 5.26. The number of hydrogen-bond donors (Lipinski definition) is 1. The molecule has 1 aromatic carbocycles. The Morgan fingerprint density at radius 2 is 1.90 bits per heavy atom. The van der Waals surface area contributed by atoms with Gasteiger partial charge < -0.3 is 10.2 Å². The van der Waals surface area contributed by atoms with Gasteiger partial charge in [0, 0.05) is 24.7 Å². The van der Waals surface area contributed by atoms with Gasteiger partial charge in [0.2, 0.25) is 0 Å². The molecule has 0 bridgehead atoms. The molecule has 2 rings (SSSR count). The third-order valence-corrected chi connectivity index (χ3v) is 4.27. The highest BCUT2D eigenvalue weighted by atomic mass is 19.1. The highest BCUT2D eigenvalue weighted by molar-refractivity contribution is 5.56. The lowest BCUT2D eigenvalue weighted by Gasteiger charge is -2.33. The summed E-state index contributed by atoms with van der Waals surface area (Å²) < 4.78 is 14.5. The number of anilines is 1. The fourth-order valence-electron chi connectivity index (χ4n) is 3.20. The van der Waals surface area contributed by atoms with Crippen molar-refractivity contribution in [1.82, 2.24) is 5.32 Å². The summed E-state index contributed by atoms with van der Waals surface area (Å²) in [5.74, 6) is -0.0861. The number of hydrogen-bond acceptors (Lipinski definition) is 2. The maximum atomic E-state index is 14.5. The molecule has 3 heteroatoms. The van der Waals surface area contributed by atoms with Gasteiger partial charge in [0.15, 0.2) is 0 Å². The monoisotopic (exact) mass is 292 g/mol. The minimum Gasteiger partial charge on any atom is -0.366 e. The molecule has 0 amide bonds. The first-order chi connectivity index (χ1) is 9.92. The number of nitrogens with zero attached hydrogens (tertiary/aromatic N) is 1. The molecule has 1 fully saturated rings. The van der Waals surface area contributed by atoms with Crippen molar-refractivity contribution in [2.75, 3.05) is 11.4 Å². The Morgan fingerprint density at radius 1 is 1.24 bits per heavy atom. The van der Waals surface area contributed by atoms with E-state index in [1.165, 1.54) is 25.7 Å². The molecule has 1 aliphatic carbocycles. The van der Waals surface area contributed by atoms with Gasteiger partial charge in [-0.1, -0.05) is 25.0 Å². The standard InChI is InChI=1S/C18H29FN2/c1-5-21(15-10-6-7-11-15)17-14(9-8-12-16(17)19)13-20-18(2,3)4/h8-9,12,15,20H,5-7,10-11,13H2,1-4H3. The summed E-state index contributed by atoms with van der Waals surface area (Å²) in [6, 6.07) is 5.96. The van der Waals surface area contributed by atoms with E-state index in [1.807, 2.05) is 6.07 Å². The van der Waals surface area contributed by atoms with Crippen molar-refractivity contribution in [2.24, 2.45) is 0 Å². The molecule has 0 spiro atoms. The van der Waals surface area contributed by atoms with Gasteiger partial charge in [0.1, 0.15) is 5.82 Å². The summed E-state index contributed by atoms with van der Waals surface area (Å²) >= 11 is 0. The normalized spacial score (nSPS) is 16.4. The second kappa shape index (κ2) is 6.78. The van der Waals surface area contributed by atoms with Crippen LogP contribution in [0.25, 0.3) is 0 Å². The van der Waals surface area contributed by atoms with Crippen LogP contribution >= 0.6 is 0 Å². The fraction of sp³-hybridized carbons (Fsp3) is 0.667. The molecule has 118 valence electrons. The molecule has 1 aliphatic rings. The van der Waals surface area contributed by atoms with E-state index in [1.54, 1.807) is 6.07 Å². The van der Waals surface area contributed by atoms with E-state index in [9.17, 15) is 4.39 Å². The van der Waals surface area contributed by atoms with E-state index in [0.29, 0.717) is 12.6 Å². The number of benzene rings is 1. The number of nitrogens with one attached hydrogen (secondary N) is 1. The Labute approximate surface area is 128 Å². The zero-order valence-corrected chi connectivity index (χ0v) is 13.9. The summed E-state index contributed by atoms with van der Waals surface area (Å²) in [5, 5.41) is 3.48. The lowest BCUT2D eigenvalue weighted by molar-refractivity contribution is 0.423. The molecule has 0 radical (unpaired) electrons. The van der Waals surface area contributed by atoms with Crippen LogP contribution in [0, 0.1) is 5.82 Å². The van der Waals surface area contributed by atoms with Crippen molar-refractivity contribution in [3.63, 3.8) is 0 Å². The van der Waals surface area contributed by atoms with Crippen LogP contribution < -0.4 is 10.2 Å². The first-order valence-corrected chi connectivity index (χ1v) is 8.21. The summed E-state index contributed by atoms with van der Waals surface area (Å²) in [7, 11) is 0. The minimum absolute atomic E-state index is 0.0357. The second-order valence-corrected chi connectivity index (χ2v) is 7.08. The molecule has 0 atom stereocenters. The molecule has 21 heavy (non-hydrogen) atoms. The quantitative estimate of drug-likeness (QED) is 0.860. The average Bonchev–Trinajstić information content (AvgIpc) is 2.92. The third-order valence-electron chi connectivity index (χ3n) is 4.27. The van der Waals surface area contributed by atoms with Crippen molar-refractivity contribution in [1.29, 1.82) is 0 Å². The molecule has 0 unspecified atom stereocenters. The Hall–Kier alpha value is -1.09. The van der Waals surface area contributed by atoms with Crippen molar-refractivity contribution in [3.05, 3.63) is 29.6 Å². The van der Waals surface area contributed by atoms with Crippen LogP contribution in [-0.4, -0.2) is 18.1 Å². The number of para-hydroxylation sites is 1. The highest BCUT2D eigenvalue weighted by Crippen LogP contribution is 2.32. The minimum atomic E-state index is -0.0861. The van der Waals surface area contributed by atoms with E-state index >= 15 is 0 Å². The Morgan fingerprint density at radius 3 is 2.48 bits per heavy atom. The van der Waals surface area contributed by atoms with Crippen LogP contribution in [0.3, 0.4) is 0 Å². The van der Waals surface area contributed by atoms with E-state index in [-0.39, 0.29) is 11.4 Å². The maximum Gasteiger partial charge on any atom is 0.146 e. The van der Waals surface area contributed by atoms with E-state index < -0.39 is 0 Å². The summed E-state index contributed by atoms with van der Waals surface area (Å²) in [6.07, 6.45) is 4.92. The zero-order chi connectivity index (χ0) is 15.5. The lowest BCUT2D eigenvalue weighted by atomic mass is 10.1. The highest BCUT2D eigenvalue weighted by Gasteiger charge is 2.25. The van der Waals surface area contributed by atoms with Crippen molar-refractivity contribution in [2.45, 2.75) is 71.5 Å². The Balaban J connectivity index is 2.27. The molecular formula is C18H29FN2. The molecule has 0 aliphatic heterocycles. The van der Waals surface area contributed by atoms with Gasteiger partial charge in [0.05, 0.1) is 5.69 Å². The fourth-order valence-corrected chi connectivity index (χ4v) is 3.20. The molecule has 0 saturated heterocycles. The average molecular weight is 292 g/mol. The largest absolute Gasteiger partial charge is 0.366 e. The summed E-state index contributed by atoms with van der Waals surface area (Å²) in [6.45, 7) is 10.1. The molecule has 0 heterocycles. The molecule has 0 aromatic heterocycles. The second-order valence-electron chi connectivity index (χ2n) is 7.08. The third kappa shape index (κ3) is 4.19. The van der Waals surface area contributed by atoms with E-state index in [0.717, 1.165) is 17.8 Å². The smallest absolute Gasteiger partial charge is 0.146 e. The molecule has 2 nitrogen and oxygen atoms in total. The SMILES string of the molecule is CCN(c1c(F)cccc1CNC(C)(C)C)C1CCCC1. The van der Waals surface area contributed by atoms with Crippen molar-refractivity contribution >= 4 is 5.69 Å². The topological polar surface area (TPSA) is 15.3 Å². The van der Waals surface area contributed by atoms with Crippen LogP contribution in [0.15, 0.2) is 18.2 Å². The van der Waals surface area contributed by atoms with Gasteiger partial charge in [-0.25, -0.2) is 4.39 Å². The van der Waals surface area contributed by atoms with Gasteiger partial charge in [-0.15, -0.1) is 0 Å². The first-order valence-electron chi connectivity index (χ1n) is 8.21. The van der Waals surface area contributed by atoms with Crippen LogP contribution in [0.5, 0.6) is 0 Å². The van der Waals surface area contributed by atoms with Gasteiger partial charge in [-0.3, -0.25) is 0 Å². The predicted octanol–water partition coefficient (Wildman–Crippen LogP) is 4.48. The molecule has 1 N–H and O–H groups in total. The zero-order valence-electron chi connectivity index (χ0n) is 13.9. The lowest BCUT2D eigenvalue weighted by Crippen LogP contribution is -2.38.